The zero-order valence-corrected chi connectivity index (χ0v) is 11.4. The second-order valence-corrected chi connectivity index (χ2v) is 5.30. The molecule has 0 aliphatic rings. The first kappa shape index (κ1) is 13.3. The van der Waals surface area contributed by atoms with Crippen LogP contribution in [0, 0.1) is 0 Å². The van der Waals surface area contributed by atoms with Crippen LogP contribution >= 0.6 is 0 Å². The highest BCUT2D eigenvalue weighted by Crippen LogP contribution is 2.18. The number of hydrogen-bond donors (Lipinski definition) is 2. The molecule has 0 saturated heterocycles. The van der Waals surface area contributed by atoms with Gasteiger partial charge >= 0.3 is 0 Å². The van der Waals surface area contributed by atoms with E-state index in [1.165, 1.54) is 5.56 Å². The fourth-order valence-corrected chi connectivity index (χ4v) is 1.90. The number of anilines is 2. The summed E-state index contributed by atoms with van der Waals surface area (Å²) in [5, 5.41) is 3.33. The van der Waals surface area contributed by atoms with Crippen molar-refractivity contribution < 1.29 is 0 Å². The number of benzene rings is 1. The van der Waals surface area contributed by atoms with Gasteiger partial charge in [0.15, 0.2) is 0 Å². The minimum absolute atomic E-state index is 0.0797. The van der Waals surface area contributed by atoms with Gasteiger partial charge in [-0.15, -0.1) is 0 Å². The Morgan fingerprint density at radius 2 is 1.89 bits per heavy atom. The summed E-state index contributed by atoms with van der Waals surface area (Å²) in [4.78, 5) is 8.35. The molecule has 0 atom stereocenters. The predicted molar refractivity (Wildman–Crippen MR) is 78.9 cm³/mol. The molecule has 0 unspecified atom stereocenters. The number of rotatable bonds is 5. The van der Waals surface area contributed by atoms with Gasteiger partial charge in [0.25, 0.3) is 0 Å². The normalized spacial score (nSPS) is 11.3. The van der Waals surface area contributed by atoms with Crippen molar-refractivity contribution in [3.05, 3.63) is 48.2 Å². The van der Waals surface area contributed by atoms with Gasteiger partial charge in [0.05, 0.1) is 0 Å². The van der Waals surface area contributed by atoms with Crippen LogP contribution in [0.3, 0.4) is 0 Å². The zero-order valence-electron chi connectivity index (χ0n) is 11.4. The van der Waals surface area contributed by atoms with E-state index in [1.807, 2.05) is 6.07 Å². The molecule has 3 N–H and O–H groups in total. The molecule has 0 aliphatic heterocycles. The highest BCUT2D eigenvalue weighted by atomic mass is 15.1. The van der Waals surface area contributed by atoms with Gasteiger partial charge in [0.1, 0.15) is 5.82 Å². The number of nitrogens with zero attached hydrogens (tertiary/aromatic N) is 2. The summed E-state index contributed by atoms with van der Waals surface area (Å²) in [6.07, 6.45) is 3.68. The Hall–Kier alpha value is -2.10. The van der Waals surface area contributed by atoms with Gasteiger partial charge in [-0.05, 0) is 38.3 Å². The van der Waals surface area contributed by atoms with Crippen molar-refractivity contribution in [1.29, 1.82) is 0 Å². The molecule has 0 bridgehead atoms. The molecule has 2 aromatic rings. The van der Waals surface area contributed by atoms with E-state index in [-0.39, 0.29) is 5.54 Å². The summed E-state index contributed by atoms with van der Waals surface area (Å²) in [6, 6.07) is 12.1. The summed E-state index contributed by atoms with van der Waals surface area (Å²) >= 11 is 0. The lowest BCUT2D eigenvalue weighted by molar-refractivity contribution is 0.514. The number of nitrogens with two attached hydrogens (primary N) is 1. The summed E-state index contributed by atoms with van der Waals surface area (Å²) in [7, 11) is 0. The molecule has 4 heteroatoms. The molecule has 19 heavy (non-hydrogen) atoms. The molecule has 1 aromatic heterocycles. The van der Waals surface area contributed by atoms with Crippen LogP contribution in [0.1, 0.15) is 25.8 Å². The number of aromatic nitrogens is 2. The molecule has 0 saturated carbocycles. The average molecular weight is 256 g/mol. The van der Waals surface area contributed by atoms with Crippen LogP contribution in [0.15, 0.2) is 42.6 Å². The van der Waals surface area contributed by atoms with Crippen molar-refractivity contribution in [2.75, 3.05) is 11.1 Å². The van der Waals surface area contributed by atoms with Crippen molar-refractivity contribution in [3.63, 3.8) is 0 Å². The Kier molecular flexibility index (Phi) is 4.00. The zero-order chi connectivity index (χ0) is 13.7. The molecule has 0 spiro atoms. The van der Waals surface area contributed by atoms with Crippen molar-refractivity contribution in [3.8, 4) is 0 Å². The molecule has 0 amide bonds. The van der Waals surface area contributed by atoms with Gasteiger partial charge in [-0.25, -0.2) is 4.98 Å². The quantitative estimate of drug-likeness (QED) is 0.863. The first-order valence-corrected chi connectivity index (χ1v) is 6.46. The van der Waals surface area contributed by atoms with Gasteiger partial charge < -0.3 is 11.1 Å². The monoisotopic (exact) mass is 256 g/mol. The van der Waals surface area contributed by atoms with E-state index in [9.17, 15) is 0 Å². The molecule has 4 nitrogen and oxygen atoms in total. The van der Waals surface area contributed by atoms with Gasteiger partial charge in [-0.2, -0.15) is 4.98 Å². The van der Waals surface area contributed by atoms with Crippen LogP contribution in [-0.4, -0.2) is 15.5 Å². The van der Waals surface area contributed by atoms with E-state index in [2.05, 4.69) is 53.4 Å². The predicted octanol–water partition coefficient (Wildman–Crippen LogP) is 2.88. The maximum Gasteiger partial charge on any atom is 0.224 e. The van der Waals surface area contributed by atoms with E-state index >= 15 is 0 Å². The van der Waals surface area contributed by atoms with E-state index in [1.54, 1.807) is 12.3 Å². The lowest BCUT2D eigenvalue weighted by Gasteiger charge is -2.26. The maximum atomic E-state index is 5.65. The van der Waals surface area contributed by atoms with Crippen molar-refractivity contribution >= 4 is 11.8 Å². The van der Waals surface area contributed by atoms with Crippen LogP contribution in [0.5, 0.6) is 0 Å². The smallest absolute Gasteiger partial charge is 0.224 e. The van der Waals surface area contributed by atoms with Gasteiger partial charge in [0, 0.05) is 11.7 Å². The Labute approximate surface area is 114 Å². The number of hydrogen-bond acceptors (Lipinski definition) is 4. The first-order valence-electron chi connectivity index (χ1n) is 6.46. The summed E-state index contributed by atoms with van der Waals surface area (Å²) in [5.74, 6) is 1.06. The third-order valence-corrected chi connectivity index (χ3v) is 3.01. The van der Waals surface area contributed by atoms with Crippen molar-refractivity contribution in [1.82, 2.24) is 9.97 Å². The minimum Gasteiger partial charge on any atom is -0.384 e. The molecule has 1 aromatic carbocycles. The number of nitrogens with one attached hydrogen (secondary N) is 1. The fourth-order valence-electron chi connectivity index (χ4n) is 1.90. The standard InChI is InChI=1S/C15H20N4/c1-15(2,10-8-12-6-4-3-5-7-12)19-14-17-11-9-13(16)18-14/h3-7,9,11H,8,10H2,1-2H3,(H3,16,17,18,19). The largest absolute Gasteiger partial charge is 0.384 e. The maximum absolute atomic E-state index is 5.65. The van der Waals surface area contributed by atoms with Crippen LogP contribution in [-0.2, 0) is 6.42 Å². The molecule has 1 heterocycles. The number of aryl methyl sites for hydroxylation is 1. The molecular weight excluding hydrogens is 236 g/mol. The van der Waals surface area contributed by atoms with Gasteiger partial charge in [0.2, 0.25) is 5.95 Å². The van der Waals surface area contributed by atoms with Crippen molar-refractivity contribution in [2.24, 2.45) is 0 Å². The van der Waals surface area contributed by atoms with Gasteiger partial charge in [-0.3, -0.25) is 0 Å². The van der Waals surface area contributed by atoms with Gasteiger partial charge in [-0.1, -0.05) is 30.3 Å². The van der Waals surface area contributed by atoms with Crippen LogP contribution in [0.4, 0.5) is 11.8 Å². The molecule has 0 aliphatic carbocycles. The summed E-state index contributed by atoms with van der Waals surface area (Å²) < 4.78 is 0. The minimum atomic E-state index is -0.0797. The Bertz CT molecular complexity index is 523. The highest BCUT2D eigenvalue weighted by molar-refractivity contribution is 5.36. The second-order valence-electron chi connectivity index (χ2n) is 5.30. The molecule has 2 rings (SSSR count). The van der Waals surface area contributed by atoms with Crippen LogP contribution in [0.2, 0.25) is 0 Å². The third kappa shape index (κ3) is 4.25. The first-order chi connectivity index (χ1) is 9.05. The van der Waals surface area contributed by atoms with E-state index in [0.29, 0.717) is 11.8 Å². The highest BCUT2D eigenvalue weighted by Gasteiger charge is 2.18. The molecule has 100 valence electrons. The topological polar surface area (TPSA) is 63.8 Å². The average Bonchev–Trinajstić information content (AvgIpc) is 2.37. The lowest BCUT2D eigenvalue weighted by atomic mass is 9.95. The van der Waals surface area contributed by atoms with Crippen LogP contribution < -0.4 is 11.1 Å². The molecule has 0 fully saturated rings. The molecule has 0 radical (unpaired) electrons. The Balaban J connectivity index is 1.95. The Morgan fingerprint density at radius 3 is 2.58 bits per heavy atom. The van der Waals surface area contributed by atoms with Crippen LogP contribution in [0.25, 0.3) is 0 Å². The van der Waals surface area contributed by atoms with E-state index in [4.69, 9.17) is 5.73 Å². The third-order valence-electron chi connectivity index (χ3n) is 3.01. The summed E-state index contributed by atoms with van der Waals surface area (Å²) in [5.41, 5.74) is 6.91. The Morgan fingerprint density at radius 1 is 1.16 bits per heavy atom. The molecular formula is C15H20N4. The summed E-state index contributed by atoms with van der Waals surface area (Å²) in [6.45, 7) is 4.28. The lowest BCUT2D eigenvalue weighted by Crippen LogP contribution is -2.32. The van der Waals surface area contributed by atoms with E-state index < -0.39 is 0 Å². The SMILES string of the molecule is CC(C)(CCc1ccccc1)Nc1nccc(N)n1. The van der Waals surface area contributed by atoms with Crippen molar-refractivity contribution in [2.45, 2.75) is 32.2 Å². The van der Waals surface area contributed by atoms with E-state index in [0.717, 1.165) is 12.8 Å². The second kappa shape index (κ2) is 5.69. The number of nitrogen functional groups attached to an aromatic ring is 1. The fraction of sp³-hybridized carbons (Fsp3) is 0.333.